The third-order valence-electron chi connectivity index (χ3n) is 3.81. The Bertz CT molecular complexity index is 232. The molecule has 2 aliphatic rings. The quantitative estimate of drug-likeness (QED) is 0.725. The van der Waals surface area contributed by atoms with Crippen LogP contribution < -0.4 is 10.6 Å². The minimum absolute atomic E-state index is 0.130. The number of amides is 1. The minimum atomic E-state index is 0.130. The van der Waals surface area contributed by atoms with Gasteiger partial charge in [-0.3, -0.25) is 9.69 Å². The van der Waals surface area contributed by atoms with E-state index in [0.29, 0.717) is 12.6 Å². The van der Waals surface area contributed by atoms with Gasteiger partial charge in [-0.05, 0) is 25.7 Å². The first kappa shape index (κ1) is 11.9. The lowest BCUT2D eigenvalue weighted by atomic mass is 9.91. The summed E-state index contributed by atoms with van der Waals surface area (Å²) in [5.74, 6) is 0.130. The lowest BCUT2D eigenvalue weighted by Gasteiger charge is -2.36. The zero-order valence-corrected chi connectivity index (χ0v) is 10.2. The second kappa shape index (κ2) is 5.64. The van der Waals surface area contributed by atoms with Gasteiger partial charge in [0, 0.05) is 32.2 Å². The van der Waals surface area contributed by atoms with Crippen molar-refractivity contribution in [3.63, 3.8) is 0 Å². The number of nitrogens with one attached hydrogen (secondary N) is 2. The van der Waals surface area contributed by atoms with Crippen LogP contribution in [0.1, 0.15) is 32.1 Å². The van der Waals surface area contributed by atoms with E-state index in [0.717, 1.165) is 19.1 Å². The van der Waals surface area contributed by atoms with Gasteiger partial charge in [0.25, 0.3) is 0 Å². The number of hydrogen-bond donors (Lipinski definition) is 2. The van der Waals surface area contributed by atoms with E-state index in [4.69, 9.17) is 0 Å². The van der Waals surface area contributed by atoms with Crippen molar-refractivity contribution in [3.8, 4) is 0 Å². The molecule has 1 heterocycles. The van der Waals surface area contributed by atoms with Crippen molar-refractivity contribution in [2.45, 2.75) is 44.2 Å². The number of rotatable bonds is 4. The summed E-state index contributed by atoms with van der Waals surface area (Å²) in [7, 11) is 1.70. The number of likely N-dealkylation sites (tertiary alicyclic amines) is 1. The number of hydrogen-bond acceptors (Lipinski definition) is 3. The SMILES string of the molecule is CNC(=O)CN1CCC(NC2CCC2)CC1. The van der Waals surface area contributed by atoms with Crippen LogP contribution in [-0.2, 0) is 4.79 Å². The summed E-state index contributed by atoms with van der Waals surface area (Å²) < 4.78 is 0. The van der Waals surface area contributed by atoms with Gasteiger partial charge >= 0.3 is 0 Å². The Morgan fingerprint density at radius 1 is 1.19 bits per heavy atom. The fourth-order valence-electron chi connectivity index (χ4n) is 2.45. The highest BCUT2D eigenvalue weighted by atomic mass is 16.1. The number of carbonyl (C=O) groups is 1. The fraction of sp³-hybridized carbons (Fsp3) is 0.917. The number of nitrogens with zero attached hydrogens (tertiary/aromatic N) is 1. The molecule has 0 aromatic heterocycles. The second-order valence-corrected chi connectivity index (χ2v) is 5.02. The molecule has 2 rings (SSSR count). The molecule has 1 aliphatic heterocycles. The van der Waals surface area contributed by atoms with E-state index in [-0.39, 0.29) is 5.91 Å². The zero-order chi connectivity index (χ0) is 11.4. The van der Waals surface area contributed by atoms with Crippen molar-refractivity contribution in [2.75, 3.05) is 26.7 Å². The molecule has 0 unspecified atom stereocenters. The van der Waals surface area contributed by atoms with E-state index in [2.05, 4.69) is 15.5 Å². The predicted octanol–water partition coefficient (Wildman–Crippen LogP) is 0.339. The first-order valence-electron chi connectivity index (χ1n) is 6.47. The van der Waals surface area contributed by atoms with E-state index in [9.17, 15) is 4.79 Å². The van der Waals surface area contributed by atoms with Gasteiger partial charge in [0.2, 0.25) is 5.91 Å². The topological polar surface area (TPSA) is 44.4 Å². The molecule has 0 radical (unpaired) electrons. The molecule has 0 spiro atoms. The average Bonchev–Trinajstić information content (AvgIpc) is 2.25. The van der Waals surface area contributed by atoms with Crippen molar-refractivity contribution < 1.29 is 4.79 Å². The van der Waals surface area contributed by atoms with E-state index >= 15 is 0 Å². The maximum absolute atomic E-state index is 11.2. The molecule has 2 N–H and O–H groups in total. The van der Waals surface area contributed by atoms with Gasteiger partial charge < -0.3 is 10.6 Å². The van der Waals surface area contributed by atoms with Crippen LogP contribution in [0.5, 0.6) is 0 Å². The first-order chi connectivity index (χ1) is 7.78. The van der Waals surface area contributed by atoms with Gasteiger partial charge in [0.1, 0.15) is 0 Å². The van der Waals surface area contributed by atoms with Crippen molar-refractivity contribution in [3.05, 3.63) is 0 Å². The van der Waals surface area contributed by atoms with Gasteiger partial charge in [0.15, 0.2) is 0 Å². The van der Waals surface area contributed by atoms with Crippen molar-refractivity contribution in [1.82, 2.24) is 15.5 Å². The van der Waals surface area contributed by atoms with Crippen molar-refractivity contribution in [1.29, 1.82) is 0 Å². The summed E-state index contributed by atoms with van der Waals surface area (Å²) in [6.45, 7) is 2.67. The Labute approximate surface area is 97.8 Å². The average molecular weight is 225 g/mol. The van der Waals surface area contributed by atoms with Crippen LogP contribution in [-0.4, -0.2) is 49.6 Å². The summed E-state index contributed by atoms with van der Waals surface area (Å²) in [6.07, 6.45) is 6.49. The highest BCUT2D eigenvalue weighted by Crippen LogP contribution is 2.21. The maximum atomic E-state index is 11.2. The van der Waals surface area contributed by atoms with Gasteiger partial charge in [-0.15, -0.1) is 0 Å². The summed E-state index contributed by atoms with van der Waals surface area (Å²) in [6, 6.07) is 1.47. The van der Waals surface area contributed by atoms with Crippen LogP contribution in [0.15, 0.2) is 0 Å². The summed E-state index contributed by atoms with van der Waals surface area (Å²) >= 11 is 0. The molecule has 0 bridgehead atoms. The standard InChI is InChI=1S/C12H23N3O/c1-13-12(16)9-15-7-5-11(6-8-15)14-10-3-2-4-10/h10-11,14H,2-9H2,1H3,(H,13,16). The van der Waals surface area contributed by atoms with Crippen LogP contribution in [0.4, 0.5) is 0 Å². The van der Waals surface area contributed by atoms with Crippen LogP contribution >= 0.6 is 0 Å². The van der Waals surface area contributed by atoms with Gasteiger partial charge in [-0.1, -0.05) is 6.42 Å². The van der Waals surface area contributed by atoms with Crippen LogP contribution in [0.25, 0.3) is 0 Å². The molecule has 16 heavy (non-hydrogen) atoms. The Kier molecular flexibility index (Phi) is 4.18. The Morgan fingerprint density at radius 2 is 1.81 bits per heavy atom. The molecule has 0 aromatic rings. The number of piperidine rings is 1. The largest absolute Gasteiger partial charge is 0.358 e. The Balaban J connectivity index is 1.63. The maximum Gasteiger partial charge on any atom is 0.233 e. The molecule has 1 aliphatic carbocycles. The van der Waals surface area contributed by atoms with Crippen LogP contribution in [0.2, 0.25) is 0 Å². The molecule has 1 amide bonds. The summed E-state index contributed by atoms with van der Waals surface area (Å²) in [5, 5.41) is 6.39. The molecule has 1 saturated carbocycles. The van der Waals surface area contributed by atoms with Crippen LogP contribution in [0.3, 0.4) is 0 Å². The normalized spacial score (nSPS) is 24.1. The molecule has 4 heteroatoms. The highest BCUT2D eigenvalue weighted by Gasteiger charge is 2.24. The third kappa shape index (κ3) is 3.19. The molecule has 4 nitrogen and oxygen atoms in total. The second-order valence-electron chi connectivity index (χ2n) is 5.02. The molecule has 0 atom stereocenters. The monoisotopic (exact) mass is 225 g/mol. The Hall–Kier alpha value is -0.610. The van der Waals surface area contributed by atoms with E-state index < -0.39 is 0 Å². The van der Waals surface area contributed by atoms with E-state index in [1.54, 1.807) is 7.05 Å². The molecule has 1 saturated heterocycles. The number of carbonyl (C=O) groups excluding carboxylic acids is 1. The highest BCUT2D eigenvalue weighted by molar-refractivity contribution is 5.77. The van der Waals surface area contributed by atoms with Crippen molar-refractivity contribution >= 4 is 5.91 Å². The third-order valence-corrected chi connectivity index (χ3v) is 3.81. The lowest BCUT2D eigenvalue weighted by Crippen LogP contribution is -2.49. The van der Waals surface area contributed by atoms with Crippen LogP contribution in [0, 0.1) is 0 Å². The lowest BCUT2D eigenvalue weighted by molar-refractivity contribution is -0.122. The van der Waals surface area contributed by atoms with Crippen molar-refractivity contribution in [2.24, 2.45) is 0 Å². The molecule has 2 fully saturated rings. The minimum Gasteiger partial charge on any atom is -0.358 e. The summed E-state index contributed by atoms with van der Waals surface area (Å²) in [5.41, 5.74) is 0. The smallest absolute Gasteiger partial charge is 0.233 e. The van der Waals surface area contributed by atoms with Gasteiger partial charge in [-0.2, -0.15) is 0 Å². The Morgan fingerprint density at radius 3 is 2.31 bits per heavy atom. The molecular weight excluding hydrogens is 202 g/mol. The molecular formula is C12H23N3O. The van der Waals surface area contributed by atoms with E-state index in [1.165, 1.54) is 32.1 Å². The predicted molar refractivity (Wildman–Crippen MR) is 64.3 cm³/mol. The molecule has 92 valence electrons. The molecule has 0 aromatic carbocycles. The van der Waals surface area contributed by atoms with Gasteiger partial charge in [0.05, 0.1) is 6.54 Å². The fourth-order valence-corrected chi connectivity index (χ4v) is 2.45. The van der Waals surface area contributed by atoms with E-state index in [1.807, 2.05) is 0 Å². The number of likely N-dealkylation sites (N-methyl/N-ethyl adjacent to an activating group) is 1. The zero-order valence-electron chi connectivity index (χ0n) is 10.2. The first-order valence-corrected chi connectivity index (χ1v) is 6.47. The van der Waals surface area contributed by atoms with Gasteiger partial charge in [-0.25, -0.2) is 0 Å². The summed E-state index contributed by atoms with van der Waals surface area (Å²) in [4.78, 5) is 13.5.